The summed E-state index contributed by atoms with van der Waals surface area (Å²) in [6.07, 6.45) is 1.07. The fourth-order valence-corrected chi connectivity index (χ4v) is 3.45. The van der Waals surface area contributed by atoms with Crippen LogP contribution in [0, 0.1) is 0 Å². The lowest BCUT2D eigenvalue weighted by Gasteiger charge is -2.19. The molecule has 140 valence electrons. The molecule has 28 heavy (non-hydrogen) atoms. The minimum atomic E-state index is -0.992. The van der Waals surface area contributed by atoms with Gasteiger partial charge in [0.1, 0.15) is 0 Å². The summed E-state index contributed by atoms with van der Waals surface area (Å²) in [5.41, 5.74) is 5.13. The summed E-state index contributed by atoms with van der Waals surface area (Å²) in [5.74, 6) is -1.21. The van der Waals surface area contributed by atoms with Gasteiger partial charge in [-0.1, -0.05) is 30.3 Å². The van der Waals surface area contributed by atoms with Crippen molar-refractivity contribution < 1.29 is 14.7 Å². The molecule has 3 aromatic carbocycles. The van der Waals surface area contributed by atoms with Crippen molar-refractivity contribution >= 4 is 23.3 Å². The van der Waals surface area contributed by atoms with Gasteiger partial charge in [-0.3, -0.25) is 4.79 Å². The molecule has 0 aliphatic carbocycles. The van der Waals surface area contributed by atoms with Gasteiger partial charge in [-0.05, 0) is 60.0 Å². The molecule has 1 aliphatic rings. The maximum Gasteiger partial charge on any atom is 0.335 e. The smallest absolute Gasteiger partial charge is 0.335 e. The predicted molar refractivity (Wildman–Crippen MR) is 109 cm³/mol. The van der Waals surface area contributed by atoms with Crippen LogP contribution in [0.3, 0.4) is 0 Å². The summed E-state index contributed by atoms with van der Waals surface area (Å²) in [4.78, 5) is 25.7. The molecule has 0 spiro atoms. The topological polar surface area (TPSA) is 69.6 Å². The lowest BCUT2D eigenvalue weighted by Crippen LogP contribution is -2.19. The highest BCUT2D eigenvalue weighted by Crippen LogP contribution is 2.28. The SMILES string of the molecule is O=C(O)c1ccc(NC(=O)c2ccc(CN3CCc4ccccc43)cc2)cc1. The van der Waals surface area contributed by atoms with Gasteiger partial charge in [-0.25, -0.2) is 4.79 Å². The number of nitrogens with one attached hydrogen (secondary N) is 1. The zero-order valence-electron chi connectivity index (χ0n) is 15.3. The van der Waals surface area contributed by atoms with Crippen molar-refractivity contribution in [3.05, 3.63) is 95.1 Å². The Balaban J connectivity index is 1.40. The number of para-hydroxylation sites is 1. The predicted octanol–water partition coefficient (Wildman–Crippen LogP) is 4.20. The van der Waals surface area contributed by atoms with E-state index >= 15 is 0 Å². The van der Waals surface area contributed by atoms with Gasteiger partial charge in [0.15, 0.2) is 0 Å². The molecule has 5 heteroatoms. The molecule has 1 heterocycles. The highest BCUT2D eigenvalue weighted by Gasteiger charge is 2.18. The molecular formula is C23H20N2O3. The maximum atomic E-state index is 12.4. The lowest BCUT2D eigenvalue weighted by molar-refractivity contribution is 0.0696. The molecule has 0 bridgehead atoms. The molecule has 0 radical (unpaired) electrons. The Morgan fingerprint density at radius 2 is 1.57 bits per heavy atom. The molecule has 3 aromatic rings. The van der Waals surface area contributed by atoms with E-state index in [0.717, 1.165) is 25.1 Å². The summed E-state index contributed by atoms with van der Waals surface area (Å²) in [7, 11) is 0. The second kappa shape index (κ2) is 7.56. The van der Waals surface area contributed by atoms with Gasteiger partial charge in [0.2, 0.25) is 0 Å². The molecule has 1 amide bonds. The second-order valence-electron chi connectivity index (χ2n) is 6.83. The number of amides is 1. The van der Waals surface area contributed by atoms with Gasteiger partial charge in [-0.2, -0.15) is 0 Å². The Hall–Kier alpha value is -3.60. The second-order valence-corrected chi connectivity index (χ2v) is 6.83. The first kappa shape index (κ1) is 17.8. The van der Waals surface area contributed by atoms with Crippen LogP contribution in [0.4, 0.5) is 11.4 Å². The maximum absolute atomic E-state index is 12.4. The van der Waals surface area contributed by atoms with Crippen LogP contribution < -0.4 is 10.2 Å². The van der Waals surface area contributed by atoms with E-state index in [2.05, 4.69) is 34.5 Å². The summed E-state index contributed by atoms with van der Waals surface area (Å²) in [6, 6.07) is 22.2. The Morgan fingerprint density at radius 3 is 2.29 bits per heavy atom. The molecule has 0 aromatic heterocycles. The first-order chi connectivity index (χ1) is 13.6. The molecule has 0 fully saturated rings. The number of carbonyl (C=O) groups excluding carboxylic acids is 1. The number of carboxylic acid groups (broad SMARTS) is 1. The van der Waals surface area contributed by atoms with E-state index in [0.29, 0.717) is 11.3 Å². The zero-order chi connectivity index (χ0) is 19.5. The molecule has 0 saturated heterocycles. The van der Waals surface area contributed by atoms with Crippen LogP contribution in [-0.4, -0.2) is 23.5 Å². The van der Waals surface area contributed by atoms with E-state index in [4.69, 9.17) is 5.11 Å². The van der Waals surface area contributed by atoms with Crippen molar-refractivity contribution in [3.63, 3.8) is 0 Å². The molecule has 0 unspecified atom stereocenters. The van der Waals surface area contributed by atoms with E-state index in [9.17, 15) is 9.59 Å². The number of fused-ring (bicyclic) bond motifs is 1. The van der Waals surface area contributed by atoms with Crippen molar-refractivity contribution in [2.45, 2.75) is 13.0 Å². The number of carboxylic acids is 1. The fraction of sp³-hybridized carbons (Fsp3) is 0.130. The van der Waals surface area contributed by atoms with E-state index in [1.54, 1.807) is 12.1 Å². The van der Waals surface area contributed by atoms with Gasteiger partial charge in [0, 0.05) is 30.0 Å². The zero-order valence-corrected chi connectivity index (χ0v) is 15.3. The average Bonchev–Trinajstić information content (AvgIpc) is 3.12. The number of hydrogen-bond donors (Lipinski definition) is 2. The molecule has 2 N–H and O–H groups in total. The number of rotatable bonds is 5. The van der Waals surface area contributed by atoms with Gasteiger partial charge in [0.25, 0.3) is 5.91 Å². The quantitative estimate of drug-likeness (QED) is 0.704. The number of nitrogens with zero attached hydrogens (tertiary/aromatic N) is 1. The van der Waals surface area contributed by atoms with Gasteiger partial charge in [-0.15, -0.1) is 0 Å². The normalized spacial score (nSPS) is 12.5. The third kappa shape index (κ3) is 3.74. The van der Waals surface area contributed by atoms with Crippen LogP contribution in [0.15, 0.2) is 72.8 Å². The molecular weight excluding hydrogens is 352 g/mol. The van der Waals surface area contributed by atoms with Crippen molar-refractivity contribution in [2.24, 2.45) is 0 Å². The summed E-state index contributed by atoms with van der Waals surface area (Å²) >= 11 is 0. The molecule has 4 rings (SSSR count). The molecule has 0 atom stereocenters. The molecule has 1 aliphatic heterocycles. The van der Waals surface area contributed by atoms with Crippen LogP contribution in [-0.2, 0) is 13.0 Å². The monoisotopic (exact) mass is 372 g/mol. The number of anilines is 2. The fourth-order valence-electron chi connectivity index (χ4n) is 3.45. The number of aromatic carboxylic acids is 1. The van der Waals surface area contributed by atoms with Crippen molar-refractivity contribution in [2.75, 3.05) is 16.8 Å². The summed E-state index contributed by atoms with van der Waals surface area (Å²) in [6.45, 7) is 1.82. The Kier molecular flexibility index (Phi) is 4.81. The van der Waals surface area contributed by atoms with Crippen LogP contribution in [0.5, 0.6) is 0 Å². The summed E-state index contributed by atoms with van der Waals surface area (Å²) in [5, 5.41) is 11.7. The lowest BCUT2D eigenvalue weighted by atomic mass is 10.1. The Bertz CT molecular complexity index is 1010. The van der Waals surface area contributed by atoms with Gasteiger partial charge < -0.3 is 15.3 Å². The molecule has 5 nitrogen and oxygen atoms in total. The minimum absolute atomic E-state index is 0.186. The largest absolute Gasteiger partial charge is 0.478 e. The first-order valence-corrected chi connectivity index (χ1v) is 9.17. The van der Waals surface area contributed by atoms with Crippen molar-refractivity contribution in [1.82, 2.24) is 0 Å². The summed E-state index contributed by atoms with van der Waals surface area (Å²) < 4.78 is 0. The van der Waals surface area contributed by atoms with Crippen LogP contribution >= 0.6 is 0 Å². The third-order valence-corrected chi connectivity index (χ3v) is 4.96. The molecule has 0 saturated carbocycles. The van der Waals surface area contributed by atoms with E-state index in [-0.39, 0.29) is 11.5 Å². The Labute approximate surface area is 163 Å². The van der Waals surface area contributed by atoms with E-state index in [1.807, 2.05) is 24.3 Å². The van der Waals surface area contributed by atoms with Gasteiger partial charge >= 0.3 is 5.97 Å². The van der Waals surface area contributed by atoms with E-state index in [1.165, 1.54) is 23.4 Å². The minimum Gasteiger partial charge on any atom is -0.478 e. The highest BCUT2D eigenvalue weighted by molar-refractivity contribution is 6.04. The van der Waals surface area contributed by atoms with Crippen LogP contribution in [0.25, 0.3) is 0 Å². The van der Waals surface area contributed by atoms with Crippen LogP contribution in [0.2, 0.25) is 0 Å². The first-order valence-electron chi connectivity index (χ1n) is 9.17. The van der Waals surface area contributed by atoms with E-state index < -0.39 is 5.97 Å². The number of benzene rings is 3. The van der Waals surface area contributed by atoms with Crippen LogP contribution in [0.1, 0.15) is 31.8 Å². The van der Waals surface area contributed by atoms with Gasteiger partial charge in [0.05, 0.1) is 5.56 Å². The number of hydrogen-bond acceptors (Lipinski definition) is 3. The average molecular weight is 372 g/mol. The number of carbonyl (C=O) groups is 2. The van der Waals surface area contributed by atoms with Crippen molar-refractivity contribution in [3.8, 4) is 0 Å². The Morgan fingerprint density at radius 1 is 0.893 bits per heavy atom. The third-order valence-electron chi connectivity index (χ3n) is 4.96. The van der Waals surface area contributed by atoms with Crippen molar-refractivity contribution in [1.29, 1.82) is 0 Å². The standard InChI is InChI=1S/C23H20N2O3/c26-22(24-20-11-9-19(10-12-20)23(27)28)18-7-5-16(6-8-18)15-25-14-13-17-3-1-2-4-21(17)25/h1-12H,13-15H2,(H,24,26)(H,27,28). The highest BCUT2D eigenvalue weighted by atomic mass is 16.4.